The van der Waals surface area contributed by atoms with Gasteiger partial charge in [-0.05, 0) is 26.2 Å². The maximum atomic E-state index is 11.7. The molecule has 4 nitrogen and oxygen atoms in total. The molecule has 0 aliphatic rings. The van der Waals surface area contributed by atoms with Crippen molar-refractivity contribution >= 4 is 11.9 Å². The van der Waals surface area contributed by atoms with E-state index in [0.717, 1.165) is 25.2 Å². The lowest BCUT2D eigenvalue weighted by Crippen LogP contribution is -2.28. The molecule has 0 rings (SSSR count). The Morgan fingerprint density at radius 3 is 1.65 bits per heavy atom. The lowest BCUT2D eigenvalue weighted by atomic mass is 9.99. The predicted molar refractivity (Wildman–Crippen MR) is 79.3 cm³/mol. The summed E-state index contributed by atoms with van der Waals surface area (Å²) in [6, 6.07) is 0. The summed E-state index contributed by atoms with van der Waals surface area (Å²) < 4.78 is 9.88. The Labute approximate surface area is 123 Å². The van der Waals surface area contributed by atoms with Gasteiger partial charge in [-0.3, -0.25) is 9.59 Å². The number of ether oxygens (including phenoxy) is 2. The average Bonchev–Trinajstić information content (AvgIpc) is 2.37. The molecule has 0 bridgehead atoms. The Hall–Kier alpha value is -1.06. The van der Waals surface area contributed by atoms with Gasteiger partial charge in [0, 0.05) is 0 Å². The van der Waals surface area contributed by atoms with Gasteiger partial charge >= 0.3 is 11.9 Å². The zero-order valence-corrected chi connectivity index (χ0v) is 13.4. The molecular formula is C16H30O4. The normalized spacial score (nSPS) is 10.9. The van der Waals surface area contributed by atoms with Crippen LogP contribution in [0.1, 0.15) is 66.2 Å². The van der Waals surface area contributed by atoms with Crippen LogP contribution in [0, 0.1) is 11.8 Å². The van der Waals surface area contributed by atoms with Crippen LogP contribution in [0.3, 0.4) is 0 Å². The van der Waals surface area contributed by atoms with Gasteiger partial charge in [0.25, 0.3) is 0 Å². The third kappa shape index (κ3) is 8.94. The van der Waals surface area contributed by atoms with Gasteiger partial charge in [0.05, 0.1) is 13.2 Å². The van der Waals surface area contributed by atoms with Crippen LogP contribution in [-0.2, 0) is 19.1 Å². The first-order valence-corrected chi connectivity index (χ1v) is 7.86. The van der Waals surface area contributed by atoms with Crippen LogP contribution >= 0.6 is 0 Å². The van der Waals surface area contributed by atoms with E-state index in [1.54, 1.807) is 13.8 Å². The maximum absolute atomic E-state index is 11.7. The highest BCUT2D eigenvalue weighted by Crippen LogP contribution is 2.16. The molecule has 0 radical (unpaired) electrons. The molecule has 0 N–H and O–H groups in total. The molecule has 0 amide bonds. The van der Waals surface area contributed by atoms with E-state index in [-0.39, 0.29) is 0 Å². The van der Waals surface area contributed by atoms with Crippen LogP contribution in [0.15, 0.2) is 0 Å². The minimum absolute atomic E-state index is 0.295. The van der Waals surface area contributed by atoms with Crippen molar-refractivity contribution in [1.82, 2.24) is 0 Å². The standard InChI is InChI=1S/C16H30O4/c1-5-19-15(17)14(16(18)20-6-2)12-10-8-7-9-11-13(3)4/h13-14H,5-12H2,1-4H3. The van der Waals surface area contributed by atoms with Crippen molar-refractivity contribution in [1.29, 1.82) is 0 Å². The number of carbonyl (C=O) groups excluding carboxylic acids is 2. The van der Waals surface area contributed by atoms with Crippen molar-refractivity contribution in [3.05, 3.63) is 0 Å². The number of unbranched alkanes of at least 4 members (excludes halogenated alkanes) is 3. The van der Waals surface area contributed by atoms with Crippen LogP contribution in [0.2, 0.25) is 0 Å². The van der Waals surface area contributed by atoms with Gasteiger partial charge in [0.1, 0.15) is 0 Å². The highest BCUT2D eigenvalue weighted by Gasteiger charge is 2.28. The van der Waals surface area contributed by atoms with E-state index in [0.29, 0.717) is 19.6 Å². The monoisotopic (exact) mass is 286 g/mol. The molecule has 0 saturated carbocycles. The highest BCUT2D eigenvalue weighted by atomic mass is 16.6. The van der Waals surface area contributed by atoms with E-state index in [1.165, 1.54) is 12.8 Å². The first-order valence-electron chi connectivity index (χ1n) is 7.86. The van der Waals surface area contributed by atoms with Gasteiger partial charge in [-0.1, -0.05) is 46.0 Å². The summed E-state index contributed by atoms with van der Waals surface area (Å²) in [4.78, 5) is 23.5. The summed E-state index contributed by atoms with van der Waals surface area (Å²) in [6.45, 7) is 8.51. The van der Waals surface area contributed by atoms with Gasteiger partial charge in [0.2, 0.25) is 0 Å². The fourth-order valence-electron chi connectivity index (χ4n) is 2.07. The van der Waals surface area contributed by atoms with Crippen molar-refractivity contribution in [3.8, 4) is 0 Å². The SMILES string of the molecule is CCOC(=O)C(CCCCCCC(C)C)C(=O)OCC. The van der Waals surface area contributed by atoms with Crippen molar-refractivity contribution in [3.63, 3.8) is 0 Å². The van der Waals surface area contributed by atoms with E-state index in [1.807, 2.05) is 0 Å². The second kappa shape index (κ2) is 11.7. The molecule has 0 fully saturated rings. The molecular weight excluding hydrogens is 256 g/mol. The summed E-state index contributed by atoms with van der Waals surface area (Å²) in [6.07, 6.45) is 6.03. The fraction of sp³-hybridized carbons (Fsp3) is 0.875. The molecule has 118 valence electrons. The van der Waals surface area contributed by atoms with E-state index in [4.69, 9.17) is 9.47 Å². The molecule has 20 heavy (non-hydrogen) atoms. The molecule has 0 aliphatic heterocycles. The molecule has 0 unspecified atom stereocenters. The van der Waals surface area contributed by atoms with E-state index in [2.05, 4.69) is 13.8 Å². The van der Waals surface area contributed by atoms with E-state index >= 15 is 0 Å². The maximum Gasteiger partial charge on any atom is 0.320 e. The Morgan fingerprint density at radius 1 is 0.800 bits per heavy atom. The van der Waals surface area contributed by atoms with Crippen LogP contribution in [0.25, 0.3) is 0 Å². The van der Waals surface area contributed by atoms with Gasteiger partial charge in [-0.25, -0.2) is 0 Å². The van der Waals surface area contributed by atoms with Crippen LogP contribution in [0.4, 0.5) is 0 Å². The van der Waals surface area contributed by atoms with Crippen molar-refractivity contribution < 1.29 is 19.1 Å². The lowest BCUT2D eigenvalue weighted by molar-refractivity contribution is -0.161. The molecule has 0 saturated heterocycles. The minimum atomic E-state index is -0.750. The second-order valence-electron chi connectivity index (χ2n) is 5.44. The van der Waals surface area contributed by atoms with Crippen LogP contribution in [0.5, 0.6) is 0 Å². The zero-order chi connectivity index (χ0) is 15.4. The Kier molecular flexibility index (Phi) is 11.1. The lowest BCUT2D eigenvalue weighted by Gasteiger charge is -2.14. The van der Waals surface area contributed by atoms with Gasteiger partial charge in [0.15, 0.2) is 5.92 Å². The second-order valence-corrected chi connectivity index (χ2v) is 5.44. The molecule has 0 heterocycles. The Morgan fingerprint density at radius 2 is 1.25 bits per heavy atom. The summed E-state index contributed by atoms with van der Waals surface area (Å²) >= 11 is 0. The summed E-state index contributed by atoms with van der Waals surface area (Å²) in [5, 5.41) is 0. The van der Waals surface area contributed by atoms with Crippen molar-refractivity contribution in [2.45, 2.75) is 66.2 Å². The molecule has 4 heteroatoms. The number of hydrogen-bond donors (Lipinski definition) is 0. The Bertz CT molecular complexity index is 256. The molecule has 0 aromatic rings. The Balaban J connectivity index is 4.03. The predicted octanol–water partition coefficient (Wildman–Crippen LogP) is 3.73. The van der Waals surface area contributed by atoms with E-state index < -0.39 is 17.9 Å². The van der Waals surface area contributed by atoms with Crippen molar-refractivity contribution in [2.24, 2.45) is 11.8 Å². The number of rotatable bonds is 11. The number of hydrogen-bond acceptors (Lipinski definition) is 4. The third-order valence-corrected chi connectivity index (χ3v) is 3.17. The first-order chi connectivity index (χ1) is 9.52. The molecule has 0 atom stereocenters. The smallest absolute Gasteiger partial charge is 0.320 e. The average molecular weight is 286 g/mol. The molecule has 0 aromatic heterocycles. The summed E-state index contributed by atoms with van der Waals surface area (Å²) in [7, 11) is 0. The molecule has 0 aromatic carbocycles. The van der Waals surface area contributed by atoms with E-state index in [9.17, 15) is 9.59 Å². The van der Waals surface area contributed by atoms with Crippen LogP contribution < -0.4 is 0 Å². The highest BCUT2D eigenvalue weighted by molar-refractivity contribution is 5.94. The minimum Gasteiger partial charge on any atom is -0.465 e. The number of esters is 2. The first kappa shape index (κ1) is 18.9. The topological polar surface area (TPSA) is 52.6 Å². The molecule has 0 aliphatic carbocycles. The van der Waals surface area contributed by atoms with Crippen LogP contribution in [-0.4, -0.2) is 25.2 Å². The largest absolute Gasteiger partial charge is 0.465 e. The van der Waals surface area contributed by atoms with Crippen molar-refractivity contribution in [2.75, 3.05) is 13.2 Å². The number of carbonyl (C=O) groups is 2. The fourth-order valence-corrected chi connectivity index (χ4v) is 2.07. The van der Waals surface area contributed by atoms with Gasteiger partial charge in [-0.15, -0.1) is 0 Å². The quantitative estimate of drug-likeness (QED) is 0.330. The summed E-state index contributed by atoms with van der Waals surface area (Å²) in [5.74, 6) is -0.914. The van der Waals surface area contributed by atoms with Gasteiger partial charge in [-0.2, -0.15) is 0 Å². The zero-order valence-electron chi connectivity index (χ0n) is 13.4. The summed E-state index contributed by atoms with van der Waals surface area (Å²) in [5.41, 5.74) is 0. The molecule has 0 spiro atoms. The van der Waals surface area contributed by atoms with Gasteiger partial charge < -0.3 is 9.47 Å². The third-order valence-electron chi connectivity index (χ3n) is 3.17.